The maximum Gasteiger partial charge on any atom is 0.181 e. The van der Waals surface area contributed by atoms with Crippen LogP contribution in [0.2, 0.25) is 4.34 Å². The van der Waals surface area contributed by atoms with Crippen molar-refractivity contribution in [1.29, 1.82) is 0 Å². The van der Waals surface area contributed by atoms with Crippen molar-refractivity contribution in [1.82, 2.24) is 5.16 Å². The first-order valence-corrected chi connectivity index (χ1v) is 10.4. The summed E-state index contributed by atoms with van der Waals surface area (Å²) in [5.41, 5.74) is 2.39. The topological polar surface area (TPSA) is 72.2 Å². The van der Waals surface area contributed by atoms with E-state index in [0.717, 1.165) is 21.7 Å². The van der Waals surface area contributed by atoms with Crippen LogP contribution in [0.1, 0.15) is 11.1 Å². The first-order chi connectivity index (χ1) is 11.4. The van der Waals surface area contributed by atoms with Gasteiger partial charge in [0.25, 0.3) is 0 Å². The number of thiophene rings is 1. The average Bonchev–Trinajstić information content (AvgIpc) is 3.13. The van der Waals surface area contributed by atoms with Crippen LogP contribution in [0.3, 0.4) is 0 Å². The van der Waals surface area contributed by atoms with Gasteiger partial charge in [-0.2, -0.15) is 0 Å². The van der Waals surface area contributed by atoms with Gasteiger partial charge in [-0.05, 0) is 23.8 Å². The molecule has 2 heterocycles. The van der Waals surface area contributed by atoms with E-state index in [0.29, 0.717) is 16.6 Å². The number of halogens is 1. The highest BCUT2D eigenvalue weighted by Gasteiger charge is 2.14. The highest BCUT2D eigenvalue weighted by Crippen LogP contribution is 2.33. The van der Waals surface area contributed by atoms with Gasteiger partial charge in [-0.15, -0.1) is 11.3 Å². The van der Waals surface area contributed by atoms with Crippen molar-refractivity contribution >= 4 is 38.5 Å². The summed E-state index contributed by atoms with van der Waals surface area (Å²) in [5, 5.41) is 7.12. The highest BCUT2D eigenvalue weighted by atomic mass is 35.5. The molecule has 0 atom stereocenters. The molecule has 0 saturated heterocycles. The Morgan fingerprint density at radius 1 is 1.21 bits per heavy atom. The van der Waals surface area contributed by atoms with Crippen LogP contribution in [-0.2, 0) is 22.1 Å². The van der Waals surface area contributed by atoms with Crippen molar-refractivity contribution in [2.45, 2.75) is 12.3 Å². The Kier molecular flexibility index (Phi) is 4.93. The molecule has 0 aliphatic carbocycles. The maximum atomic E-state index is 11.6. The summed E-state index contributed by atoms with van der Waals surface area (Å²) in [7, 11) is -3.10. The Hall–Kier alpha value is -1.83. The molecule has 2 aromatic heterocycles. The van der Waals surface area contributed by atoms with Crippen LogP contribution >= 0.6 is 22.9 Å². The minimum Gasteiger partial charge on any atom is -0.381 e. The standard InChI is InChI=1S/C16H15ClN2O3S2/c1-24(20,21)10-11-4-2-3-5-13(11)18-8-12-9-19-22-16(12)14-6-7-15(17)23-14/h2-7,9,18H,8,10H2,1H3. The van der Waals surface area contributed by atoms with E-state index in [1.165, 1.54) is 17.6 Å². The SMILES string of the molecule is CS(=O)(=O)Cc1ccccc1NCc1cnoc1-c1ccc(Cl)s1. The highest BCUT2D eigenvalue weighted by molar-refractivity contribution is 7.89. The van der Waals surface area contributed by atoms with Gasteiger partial charge in [0.2, 0.25) is 0 Å². The molecule has 0 fully saturated rings. The molecule has 0 aliphatic rings. The Bertz CT molecular complexity index is 948. The average molecular weight is 383 g/mol. The van der Waals surface area contributed by atoms with E-state index in [-0.39, 0.29) is 5.75 Å². The van der Waals surface area contributed by atoms with E-state index < -0.39 is 9.84 Å². The van der Waals surface area contributed by atoms with Crippen LogP contribution in [0.4, 0.5) is 5.69 Å². The number of para-hydroxylation sites is 1. The molecule has 126 valence electrons. The predicted octanol–water partition coefficient (Wildman–Crippen LogP) is 4.21. The minimum atomic E-state index is -3.10. The number of aromatic nitrogens is 1. The fraction of sp³-hybridized carbons (Fsp3) is 0.188. The number of nitrogens with zero attached hydrogens (tertiary/aromatic N) is 1. The summed E-state index contributed by atoms with van der Waals surface area (Å²) in [6, 6.07) is 11.0. The number of benzene rings is 1. The Morgan fingerprint density at radius 2 is 2.00 bits per heavy atom. The zero-order valence-corrected chi connectivity index (χ0v) is 15.2. The monoisotopic (exact) mass is 382 g/mol. The third-order valence-corrected chi connectivity index (χ3v) is 5.41. The van der Waals surface area contributed by atoms with Crippen molar-refractivity contribution in [2.24, 2.45) is 0 Å². The van der Waals surface area contributed by atoms with Gasteiger partial charge in [0.1, 0.15) is 0 Å². The van der Waals surface area contributed by atoms with Crippen molar-refractivity contribution < 1.29 is 12.9 Å². The minimum absolute atomic E-state index is 0.00675. The van der Waals surface area contributed by atoms with Gasteiger partial charge in [0.15, 0.2) is 15.6 Å². The van der Waals surface area contributed by atoms with E-state index >= 15 is 0 Å². The van der Waals surface area contributed by atoms with Gasteiger partial charge in [0, 0.05) is 24.1 Å². The van der Waals surface area contributed by atoms with Crippen LogP contribution in [0.5, 0.6) is 0 Å². The lowest BCUT2D eigenvalue weighted by Gasteiger charge is -2.11. The number of hydrogen-bond acceptors (Lipinski definition) is 6. The molecule has 1 N–H and O–H groups in total. The molecule has 0 radical (unpaired) electrons. The molecule has 0 spiro atoms. The summed E-state index contributed by atoms with van der Waals surface area (Å²) in [4.78, 5) is 0.902. The molecular weight excluding hydrogens is 368 g/mol. The van der Waals surface area contributed by atoms with Crippen molar-refractivity contribution in [3.8, 4) is 10.6 Å². The first kappa shape index (κ1) is 17.0. The van der Waals surface area contributed by atoms with E-state index in [9.17, 15) is 8.42 Å². The molecular formula is C16H15ClN2O3S2. The second kappa shape index (κ2) is 6.96. The van der Waals surface area contributed by atoms with Gasteiger partial charge in [0.05, 0.1) is 21.2 Å². The largest absolute Gasteiger partial charge is 0.381 e. The van der Waals surface area contributed by atoms with E-state index in [1.807, 2.05) is 30.3 Å². The summed E-state index contributed by atoms with van der Waals surface area (Å²) < 4.78 is 29.1. The maximum absolute atomic E-state index is 11.6. The lowest BCUT2D eigenvalue weighted by molar-refractivity contribution is 0.432. The number of nitrogens with one attached hydrogen (secondary N) is 1. The zero-order valence-electron chi connectivity index (χ0n) is 12.8. The molecule has 5 nitrogen and oxygen atoms in total. The summed E-state index contributed by atoms with van der Waals surface area (Å²) >= 11 is 7.39. The molecule has 0 aliphatic heterocycles. The molecule has 24 heavy (non-hydrogen) atoms. The van der Waals surface area contributed by atoms with Gasteiger partial charge in [-0.25, -0.2) is 8.42 Å². The first-order valence-electron chi connectivity index (χ1n) is 7.11. The summed E-state index contributed by atoms with van der Waals surface area (Å²) in [5.74, 6) is 0.660. The van der Waals surface area contributed by atoms with Crippen molar-refractivity contribution in [3.05, 3.63) is 58.1 Å². The van der Waals surface area contributed by atoms with E-state index in [2.05, 4.69) is 10.5 Å². The van der Waals surface area contributed by atoms with Crippen LogP contribution in [0.15, 0.2) is 47.1 Å². The summed E-state index contributed by atoms with van der Waals surface area (Å²) in [6.45, 7) is 0.467. The Balaban J connectivity index is 1.79. The molecule has 3 rings (SSSR count). The zero-order chi connectivity index (χ0) is 17.2. The second-order valence-corrected chi connectivity index (χ2v) is 9.22. The molecule has 8 heteroatoms. The number of hydrogen-bond donors (Lipinski definition) is 1. The summed E-state index contributed by atoms with van der Waals surface area (Å²) in [6.07, 6.45) is 2.87. The van der Waals surface area contributed by atoms with Crippen molar-refractivity contribution in [3.63, 3.8) is 0 Å². The van der Waals surface area contributed by atoms with Crippen LogP contribution in [0.25, 0.3) is 10.6 Å². The van der Waals surface area contributed by atoms with Crippen LogP contribution in [0, 0.1) is 0 Å². The Morgan fingerprint density at radius 3 is 2.71 bits per heavy atom. The molecule has 0 bridgehead atoms. The van der Waals surface area contributed by atoms with E-state index in [1.54, 1.807) is 12.3 Å². The fourth-order valence-corrected chi connectivity index (χ4v) is 4.19. The van der Waals surface area contributed by atoms with Crippen LogP contribution in [-0.4, -0.2) is 19.8 Å². The van der Waals surface area contributed by atoms with Gasteiger partial charge < -0.3 is 9.84 Å². The smallest absolute Gasteiger partial charge is 0.181 e. The normalized spacial score (nSPS) is 11.6. The van der Waals surface area contributed by atoms with Gasteiger partial charge >= 0.3 is 0 Å². The lowest BCUT2D eigenvalue weighted by Crippen LogP contribution is -2.06. The van der Waals surface area contributed by atoms with Gasteiger partial charge in [-0.1, -0.05) is 35.0 Å². The van der Waals surface area contributed by atoms with Crippen LogP contribution < -0.4 is 5.32 Å². The second-order valence-electron chi connectivity index (χ2n) is 5.36. The molecule has 3 aromatic rings. The molecule has 0 saturated carbocycles. The third-order valence-electron chi connectivity index (χ3n) is 3.35. The number of rotatable bonds is 6. The van der Waals surface area contributed by atoms with Gasteiger partial charge in [-0.3, -0.25) is 0 Å². The molecule has 1 aromatic carbocycles. The molecule has 0 amide bonds. The quantitative estimate of drug-likeness (QED) is 0.691. The van der Waals surface area contributed by atoms with E-state index in [4.69, 9.17) is 16.1 Å². The molecule has 0 unspecified atom stereocenters. The van der Waals surface area contributed by atoms with Crippen molar-refractivity contribution in [2.75, 3.05) is 11.6 Å². The predicted molar refractivity (Wildman–Crippen MR) is 97.1 cm³/mol. The fourth-order valence-electron chi connectivity index (χ4n) is 2.32. The number of anilines is 1. The number of sulfone groups is 1. The third kappa shape index (κ3) is 4.17. The lowest BCUT2D eigenvalue weighted by atomic mass is 10.2. The Labute approximate surface area is 149 Å².